The zero-order chi connectivity index (χ0) is 19.9. The van der Waals surface area contributed by atoms with Crippen molar-refractivity contribution < 1.29 is 29.0 Å². The van der Waals surface area contributed by atoms with Crippen molar-refractivity contribution in [1.29, 1.82) is 5.26 Å². The molecule has 0 aliphatic rings. The average molecular weight is 381 g/mol. The number of carboxylic acid groups (broad SMARTS) is 1. The van der Waals surface area contributed by atoms with Crippen LogP contribution in [0.2, 0.25) is 0 Å². The summed E-state index contributed by atoms with van der Waals surface area (Å²) in [6.45, 7) is 6.69. The normalized spacial score (nSPS) is 10.6. The van der Waals surface area contributed by atoms with Gasteiger partial charge in [-0.15, -0.1) is 0 Å². The number of aromatic nitrogens is 1. The average Bonchev–Trinajstić information content (AvgIpc) is 2.51. The summed E-state index contributed by atoms with van der Waals surface area (Å²) in [6.07, 6.45) is -0.852. The van der Waals surface area contributed by atoms with Crippen molar-refractivity contribution in [1.82, 2.24) is 4.98 Å². The largest absolute Gasteiger partial charge is 0.481 e. The molecule has 2 N–H and O–H groups in total. The fourth-order valence-corrected chi connectivity index (χ4v) is 2.35. The van der Waals surface area contributed by atoms with Crippen LogP contribution < -0.4 is 5.32 Å². The first kappa shape index (κ1) is 21.2. The van der Waals surface area contributed by atoms with E-state index in [2.05, 4.69) is 10.3 Å². The van der Waals surface area contributed by atoms with Gasteiger partial charge in [0, 0.05) is 0 Å². The van der Waals surface area contributed by atoms with Crippen molar-refractivity contribution in [3.05, 3.63) is 17.2 Å². The monoisotopic (exact) mass is 381 g/mol. The summed E-state index contributed by atoms with van der Waals surface area (Å²) < 4.78 is 10.0. The van der Waals surface area contributed by atoms with Crippen molar-refractivity contribution in [3.8, 4) is 6.07 Å². The number of nitrogens with one attached hydrogen (secondary N) is 1. The van der Waals surface area contributed by atoms with Gasteiger partial charge in [0.15, 0.2) is 5.82 Å². The first-order chi connectivity index (χ1) is 12.1. The van der Waals surface area contributed by atoms with Crippen LogP contribution in [-0.4, -0.2) is 46.1 Å². The first-order valence-corrected chi connectivity index (χ1v) is 8.52. The molecule has 0 bridgehead atoms. The third-order valence-corrected chi connectivity index (χ3v) is 3.53. The van der Waals surface area contributed by atoms with Crippen molar-refractivity contribution in [2.45, 2.75) is 38.3 Å². The lowest BCUT2D eigenvalue weighted by atomic mass is 10.2. The Morgan fingerprint density at radius 1 is 1.38 bits per heavy atom. The molecule has 0 aliphatic heterocycles. The van der Waals surface area contributed by atoms with Crippen LogP contribution in [0.1, 0.15) is 43.6 Å². The van der Waals surface area contributed by atoms with E-state index < -0.39 is 23.6 Å². The van der Waals surface area contributed by atoms with Gasteiger partial charge in [-0.25, -0.2) is 14.6 Å². The molecule has 0 aliphatic carbocycles. The smallest absolute Gasteiger partial charge is 0.413 e. The Labute approximate surface area is 154 Å². The standard InChI is InChI=1S/C16H19N3O6S/c1-5-24-14(22)10-6-9(7-17)13(26-8-11(20)21)18-12(10)19-15(23)25-16(2,3)4/h6H,5,8H2,1-4H3,(H,20,21)(H,18,19,23). The molecule has 26 heavy (non-hydrogen) atoms. The molecule has 0 fully saturated rings. The number of aliphatic carboxylic acids is 1. The van der Waals surface area contributed by atoms with Gasteiger partial charge in [0.25, 0.3) is 0 Å². The predicted molar refractivity (Wildman–Crippen MR) is 93.1 cm³/mol. The Morgan fingerprint density at radius 3 is 2.54 bits per heavy atom. The molecule has 1 aromatic heterocycles. The molecule has 1 heterocycles. The maximum atomic E-state index is 12.1. The SMILES string of the molecule is CCOC(=O)c1cc(C#N)c(SCC(=O)O)nc1NC(=O)OC(C)(C)C. The Morgan fingerprint density at radius 2 is 2.04 bits per heavy atom. The summed E-state index contributed by atoms with van der Waals surface area (Å²) in [5.41, 5.74) is -0.912. The summed E-state index contributed by atoms with van der Waals surface area (Å²) in [4.78, 5) is 38.9. The van der Waals surface area contributed by atoms with Crippen molar-refractivity contribution in [2.75, 3.05) is 17.7 Å². The van der Waals surface area contributed by atoms with Crippen LogP contribution in [0.5, 0.6) is 0 Å². The molecule has 140 valence electrons. The number of hydrogen-bond donors (Lipinski definition) is 2. The number of thioether (sulfide) groups is 1. The number of nitriles is 1. The number of carboxylic acids is 1. The number of carbonyl (C=O) groups excluding carboxylic acids is 2. The Balaban J connectivity index is 3.30. The minimum absolute atomic E-state index is 0.00552. The molecule has 0 atom stereocenters. The second kappa shape index (κ2) is 9.05. The quantitative estimate of drug-likeness (QED) is 0.562. The minimum Gasteiger partial charge on any atom is -0.481 e. The Bertz CT molecular complexity index is 752. The molecule has 0 radical (unpaired) electrons. The summed E-state index contributed by atoms with van der Waals surface area (Å²) in [5, 5.41) is 20.4. The molecular formula is C16H19N3O6S. The number of hydrogen-bond acceptors (Lipinski definition) is 8. The topological polar surface area (TPSA) is 139 Å². The van der Waals surface area contributed by atoms with Crippen LogP contribution >= 0.6 is 11.8 Å². The van der Waals surface area contributed by atoms with Crippen LogP contribution in [0.3, 0.4) is 0 Å². The number of nitrogens with zero attached hydrogens (tertiary/aromatic N) is 2. The van der Waals surface area contributed by atoms with Crippen molar-refractivity contribution in [3.63, 3.8) is 0 Å². The fourth-order valence-electron chi connectivity index (χ4n) is 1.68. The van der Waals surface area contributed by atoms with Gasteiger partial charge in [-0.1, -0.05) is 11.8 Å². The predicted octanol–water partition coefficient (Wildman–Crippen LogP) is 2.65. The van der Waals surface area contributed by atoms with E-state index in [-0.39, 0.29) is 34.3 Å². The summed E-state index contributed by atoms with van der Waals surface area (Å²) >= 11 is 0.791. The highest BCUT2D eigenvalue weighted by molar-refractivity contribution is 7.99. The van der Waals surface area contributed by atoms with Crippen LogP contribution in [0, 0.1) is 11.3 Å². The van der Waals surface area contributed by atoms with Crippen molar-refractivity contribution >= 4 is 35.6 Å². The molecule has 1 aromatic rings. The molecule has 0 saturated carbocycles. The molecule has 0 unspecified atom stereocenters. The number of esters is 1. The molecule has 10 heteroatoms. The third-order valence-electron chi connectivity index (χ3n) is 2.56. The summed E-state index contributed by atoms with van der Waals surface area (Å²) in [6, 6.07) is 3.04. The fraction of sp³-hybridized carbons (Fsp3) is 0.438. The second-order valence-electron chi connectivity index (χ2n) is 5.88. The molecule has 0 aromatic carbocycles. The van der Waals surface area contributed by atoms with Gasteiger partial charge in [-0.05, 0) is 33.8 Å². The highest BCUT2D eigenvalue weighted by Gasteiger charge is 2.23. The Kier molecular flexibility index (Phi) is 7.40. The van der Waals surface area contributed by atoms with Crippen LogP contribution in [0.15, 0.2) is 11.1 Å². The lowest BCUT2D eigenvalue weighted by molar-refractivity contribution is -0.133. The lowest BCUT2D eigenvalue weighted by Crippen LogP contribution is -2.28. The molecular weight excluding hydrogens is 362 g/mol. The van der Waals surface area contributed by atoms with Crippen LogP contribution in [0.25, 0.3) is 0 Å². The summed E-state index contributed by atoms with van der Waals surface area (Å²) in [5.74, 6) is -2.40. The molecule has 1 rings (SSSR count). The van der Waals surface area contributed by atoms with Gasteiger partial charge < -0.3 is 14.6 Å². The van der Waals surface area contributed by atoms with Gasteiger partial charge >= 0.3 is 18.0 Å². The molecule has 1 amide bonds. The molecule has 0 spiro atoms. The van der Waals surface area contributed by atoms with Crippen molar-refractivity contribution in [2.24, 2.45) is 0 Å². The van der Waals surface area contributed by atoms with E-state index in [9.17, 15) is 19.6 Å². The zero-order valence-corrected chi connectivity index (χ0v) is 15.6. The van der Waals surface area contributed by atoms with E-state index in [1.807, 2.05) is 6.07 Å². The highest BCUT2D eigenvalue weighted by atomic mass is 32.2. The highest BCUT2D eigenvalue weighted by Crippen LogP contribution is 2.26. The van der Waals surface area contributed by atoms with Gasteiger partial charge in [0.05, 0.1) is 17.9 Å². The van der Waals surface area contributed by atoms with Gasteiger partial charge in [-0.3, -0.25) is 10.1 Å². The van der Waals surface area contributed by atoms with E-state index in [4.69, 9.17) is 14.6 Å². The number of carbonyl (C=O) groups is 3. The first-order valence-electron chi connectivity index (χ1n) is 7.54. The van der Waals surface area contributed by atoms with E-state index in [0.29, 0.717) is 0 Å². The summed E-state index contributed by atoms with van der Waals surface area (Å²) in [7, 11) is 0. The van der Waals surface area contributed by atoms with E-state index in [0.717, 1.165) is 11.8 Å². The molecule has 0 saturated heterocycles. The van der Waals surface area contributed by atoms with Crippen LogP contribution in [-0.2, 0) is 14.3 Å². The minimum atomic E-state index is -1.10. The molecule has 9 nitrogen and oxygen atoms in total. The van der Waals surface area contributed by atoms with E-state index in [1.165, 1.54) is 6.07 Å². The number of amides is 1. The van der Waals surface area contributed by atoms with Crippen LogP contribution in [0.4, 0.5) is 10.6 Å². The van der Waals surface area contributed by atoms with Gasteiger partial charge in [-0.2, -0.15) is 5.26 Å². The maximum Gasteiger partial charge on any atom is 0.413 e. The lowest BCUT2D eigenvalue weighted by Gasteiger charge is -2.20. The second-order valence-corrected chi connectivity index (χ2v) is 6.84. The van der Waals surface area contributed by atoms with Gasteiger partial charge in [0.1, 0.15) is 22.3 Å². The Hall–Kier alpha value is -2.80. The van der Waals surface area contributed by atoms with E-state index in [1.54, 1.807) is 27.7 Å². The number of anilines is 1. The van der Waals surface area contributed by atoms with E-state index >= 15 is 0 Å². The third kappa shape index (κ3) is 6.60. The number of rotatable bonds is 6. The number of ether oxygens (including phenoxy) is 2. The van der Waals surface area contributed by atoms with Gasteiger partial charge in [0.2, 0.25) is 0 Å². The zero-order valence-electron chi connectivity index (χ0n) is 14.8. The maximum absolute atomic E-state index is 12.1. The number of pyridine rings is 1.